The molecule has 0 atom stereocenters. The summed E-state index contributed by atoms with van der Waals surface area (Å²) in [4.78, 5) is 10.1. The number of nitrogens with zero attached hydrogens (tertiary/aromatic N) is 3. The van der Waals surface area contributed by atoms with E-state index in [0.717, 1.165) is 24.1 Å². The molecule has 1 N–H and O–H groups in total. The van der Waals surface area contributed by atoms with Gasteiger partial charge in [0.25, 0.3) is 0 Å². The molecule has 0 radical (unpaired) electrons. The van der Waals surface area contributed by atoms with Crippen LogP contribution in [0.2, 0.25) is 0 Å². The average molecular weight is 315 g/mol. The highest BCUT2D eigenvalue weighted by Crippen LogP contribution is 2.21. The number of sulfonamides is 1. The molecule has 7 nitrogen and oxygen atoms in total. The predicted octanol–water partition coefficient (Wildman–Crippen LogP) is 0.541. The van der Waals surface area contributed by atoms with E-state index in [-0.39, 0.29) is 4.90 Å². The van der Waals surface area contributed by atoms with Gasteiger partial charge in [0.05, 0.1) is 12.6 Å². The quantitative estimate of drug-likeness (QED) is 0.827. The summed E-state index contributed by atoms with van der Waals surface area (Å²) >= 11 is 0. The summed E-state index contributed by atoms with van der Waals surface area (Å²) in [6, 6.07) is 0. The summed E-state index contributed by atoms with van der Waals surface area (Å²) in [5.41, 5.74) is 0. The van der Waals surface area contributed by atoms with Crippen LogP contribution in [-0.4, -0.2) is 53.3 Å². The van der Waals surface area contributed by atoms with Gasteiger partial charge >= 0.3 is 12.1 Å². The Balaban J connectivity index is 2.82. The van der Waals surface area contributed by atoms with E-state index in [1.807, 2.05) is 0 Å². The van der Waals surface area contributed by atoms with Gasteiger partial charge in [-0.05, 0) is 0 Å². The number of carboxylic acids is 1. The molecule has 0 saturated carbocycles. The SMILES string of the molecule is CN(CCC(F)(F)F)S(=O)(=O)c1cnn(CC(=O)O)c1. The van der Waals surface area contributed by atoms with Gasteiger partial charge in [0.1, 0.15) is 11.4 Å². The minimum Gasteiger partial charge on any atom is -0.480 e. The predicted molar refractivity (Wildman–Crippen MR) is 60.4 cm³/mol. The molecule has 11 heteroatoms. The molecule has 0 amide bonds. The fraction of sp³-hybridized carbons (Fsp3) is 0.556. The average Bonchev–Trinajstić information content (AvgIpc) is 2.72. The number of aliphatic carboxylic acids is 1. The van der Waals surface area contributed by atoms with Crippen LogP contribution in [0.25, 0.3) is 0 Å². The molecular formula is C9H12F3N3O4S. The highest BCUT2D eigenvalue weighted by Gasteiger charge is 2.30. The van der Waals surface area contributed by atoms with Crippen LogP contribution in [-0.2, 0) is 21.4 Å². The van der Waals surface area contributed by atoms with Crippen molar-refractivity contribution < 1.29 is 31.5 Å². The Hall–Kier alpha value is -1.62. The van der Waals surface area contributed by atoms with Gasteiger partial charge in [0, 0.05) is 19.8 Å². The van der Waals surface area contributed by atoms with E-state index >= 15 is 0 Å². The van der Waals surface area contributed by atoms with Crippen molar-refractivity contribution in [3.63, 3.8) is 0 Å². The van der Waals surface area contributed by atoms with E-state index in [9.17, 15) is 26.4 Å². The van der Waals surface area contributed by atoms with Crippen LogP contribution in [0.4, 0.5) is 13.2 Å². The smallest absolute Gasteiger partial charge is 0.390 e. The number of rotatable bonds is 6. The van der Waals surface area contributed by atoms with Crippen molar-refractivity contribution in [2.24, 2.45) is 0 Å². The molecule has 0 unspecified atom stereocenters. The molecule has 1 aromatic heterocycles. The van der Waals surface area contributed by atoms with Gasteiger partial charge in [-0.15, -0.1) is 0 Å². The first-order valence-corrected chi connectivity index (χ1v) is 6.74. The summed E-state index contributed by atoms with van der Waals surface area (Å²) in [6.07, 6.45) is -3.89. The Kier molecular flexibility index (Phi) is 4.76. The Morgan fingerprint density at radius 2 is 2.10 bits per heavy atom. The Labute approximate surface area is 112 Å². The van der Waals surface area contributed by atoms with Crippen molar-refractivity contribution >= 4 is 16.0 Å². The summed E-state index contributed by atoms with van der Waals surface area (Å²) in [6.45, 7) is -1.27. The van der Waals surface area contributed by atoms with Crippen LogP contribution in [0.3, 0.4) is 0 Å². The second-order valence-electron chi connectivity index (χ2n) is 3.96. The third kappa shape index (κ3) is 4.49. The van der Waals surface area contributed by atoms with Crippen LogP contribution in [0.5, 0.6) is 0 Å². The first-order chi connectivity index (χ1) is 9.02. The normalized spacial score (nSPS) is 12.8. The lowest BCUT2D eigenvalue weighted by molar-refractivity contribution is -0.138. The van der Waals surface area contributed by atoms with Crippen molar-refractivity contribution in [2.45, 2.75) is 24.0 Å². The van der Waals surface area contributed by atoms with Crippen LogP contribution in [0.1, 0.15) is 6.42 Å². The van der Waals surface area contributed by atoms with Gasteiger partial charge in [0.2, 0.25) is 10.0 Å². The number of hydrogen-bond donors (Lipinski definition) is 1. The molecule has 1 rings (SSSR count). The maximum absolute atomic E-state index is 12.1. The first kappa shape index (κ1) is 16.4. The molecule has 0 bridgehead atoms. The van der Waals surface area contributed by atoms with Crippen molar-refractivity contribution in [1.82, 2.24) is 14.1 Å². The van der Waals surface area contributed by atoms with E-state index in [1.54, 1.807) is 0 Å². The lowest BCUT2D eigenvalue weighted by Gasteiger charge is -2.16. The Bertz CT molecular complexity index is 582. The van der Waals surface area contributed by atoms with Gasteiger partial charge in [-0.2, -0.15) is 18.3 Å². The van der Waals surface area contributed by atoms with Crippen molar-refractivity contribution in [3.8, 4) is 0 Å². The molecule has 0 spiro atoms. The zero-order valence-electron chi connectivity index (χ0n) is 10.3. The maximum atomic E-state index is 12.1. The second kappa shape index (κ2) is 5.79. The number of aromatic nitrogens is 2. The fourth-order valence-corrected chi connectivity index (χ4v) is 2.41. The summed E-state index contributed by atoms with van der Waals surface area (Å²) in [5, 5.41) is 12.0. The van der Waals surface area contributed by atoms with E-state index in [0.29, 0.717) is 4.31 Å². The highest BCUT2D eigenvalue weighted by molar-refractivity contribution is 7.89. The standard InChI is InChI=1S/C9H12F3N3O4S/c1-14(3-2-9(10,11)12)20(18,19)7-4-13-15(5-7)6-8(16)17/h4-5H,2-3,6H2,1H3,(H,16,17). The summed E-state index contributed by atoms with van der Waals surface area (Å²) in [5.74, 6) is -1.22. The Morgan fingerprint density at radius 1 is 1.50 bits per heavy atom. The van der Waals surface area contributed by atoms with Gasteiger partial charge in [0.15, 0.2) is 0 Å². The zero-order chi connectivity index (χ0) is 15.6. The van der Waals surface area contributed by atoms with Crippen molar-refractivity contribution in [3.05, 3.63) is 12.4 Å². The maximum Gasteiger partial charge on any atom is 0.390 e. The fourth-order valence-electron chi connectivity index (χ4n) is 1.29. The van der Waals surface area contributed by atoms with Crippen LogP contribution >= 0.6 is 0 Å². The third-order valence-electron chi connectivity index (χ3n) is 2.33. The van der Waals surface area contributed by atoms with Gasteiger partial charge in [-0.3, -0.25) is 9.48 Å². The van der Waals surface area contributed by atoms with Gasteiger partial charge in [-0.25, -0.2) is 12.7 Å². The minimum absolute atomic E-state index is 0.358. The Morgan fingerprint density at radius 3 is 2.60 bits per heavy atom. The molecule has 0 fully saturated rings. The molecular weight excluding hydrogens is 303 g/mol. The van der Waals surface area contributed by atoms with Crippen LogP contribution in [0, 0.1) is 0 Å². The van der Waals surface area contributed by atoms with Gasteiger partial charge < -0.3 is 5.11 Å². The van der Waals surface area contributed by atoms with Crippen molar-refractivity contribution in [2.75, 3.05) is 13.6 Å². The third-order valence-corrected chi connectivity index (χ3v) is 4.13. The lowest BCUT2D eigenvalue weighted by Crippen LogP contribution is -2.30. The van der Waals surface area contributed by atoms with E-state index < -0.39 is 41.7 Å². The summed E-state index contributed by atoms with van der Waals surface area (Å²) < 4.78 is 61.4. The minimum atomic E-state index is -4.46. The van der Waals surface area contributed by atoms with E-state index in [2.05, 4.69) is 5.10 Å². The lowest BCUT2D eigenvalue weighted by atomic mass is 10.4. The van der Waals surface area contributed by atoms with Crippen LogP contribution in [0.15, 0.2) is 17.3 Å². The van der Waals surface area contributed by atoms with E-state index in [1.165, 1.54) is 0 Å². The van der Waals surface area contributed by atoms with E-state index in [4.69, 9.17) is 5.11 Å². The van der Waals surface area contributed by atoms with Gasteiger partial charge in [-0.1, -0.05) is 0 Å². The molecule has 20 heavy (non-hydrogen) atoms. The molecule has 0 aliphatic heterocycles. The molecule has 114 valence electrons. The number of hydrogen-bond acceptors (Lipinski definition) is 4. The molecule has 0 aliphatic carbocycles. The number of alkyl halides is 3. The van der Waals surface area contributed by atoms with Crippen molar-refractivity contribution in [1.29, 1.82) is 0 Å². The molecule has 0 aromatic carbocycles. The number of carbonyl (C=O) groups is 1. The molecule has 0 saturated heterocycles. The zero-order valence-corrected chi connectivity index (χ0v) is 11.1. The highest BCUT2D eigenvalue weighted by atomic mass is 32.2. The first-order valence-electron chi connectivity index (χ1n) is 5.30. The number of carboxylic acid groups (broad SMARTS) is 1. The van der Waals surface area contributed by atoms with Crippen LogP contribution < -0.4 is 0 Å². The number of halogens is 3. The molecule has 1 heterocycles. The summed E-state index contributed by atoms with van der Waals surface area (Å²) in [7, 11) is -3.11. The largest absolute Gasteiger partial charge is 0.480 e. The monoisotopic (exact) mass is 315 g/mol. The molecule has 1 aromatic rings. The topological polar surface area (TPSA) is 92.5 Å². The molecule has 0 aliphatic rings. The second-order valence-corrected chi connectivity index (χ2v) is 6.00.